The highest BCUT2D eigenvalue weighted by Crippen LogP contribution is 2.34. The highest BCUT2D eigenvalue weighted by molar-refractivity contribution is 5.98. The second-order valence-electron chi connectivity index (χ2n) is 10.1. The van der Waals surface area contributed by atoms with Gasteiger partial charge < -0.3 is 15.0 Å². The number of aromatic nitrogens is 6. The molecule has 0 radical (unpaired) electrons. The Morgan fingerprint density at radius 1 is 0.950 bits per heavy atom. The van der Waals surface area contributed by atoms with Crippen LogP contribution >= 0.6 is 0 Å². The van der Waals surface area contributed by atoms with Gasteiger partial charge in [-0.1, -0.05) is 32.0 Å². The molecule has 0 aliphatic heterocycles. The van der Waals surface area contributed by atoms with Crippen molar-refractivity contribution < 1.29 is 9.53 Å². The zero-order chi connectivity index (χ0) is 27.6. The third-order valence-electron chi connectivity index (χ3n) is 6.59. The first-order valence-electron chi connectivity index (χ1n) is 13.3. The summed E-state index contributed by atoms with van der Waals surface area (Å²) >= 11 is 0. The SMILES string of the molecule is CCOc1cccc(-c2cncc3[nH]c(-c4n[nH]c5ccc(-c6cncc(NC(=O)CC(C)C)c6)cc45)nc23)c1. The van der Waals surface area contributed by atoms with Gasteiger partial charge in [-0.25, -0.2) is 4.98 Å². The summed E-state index contributed by atoms with van der Waals surface area (Å²) in [6, 6.07) is 15.9. The molecule has 9 heteroatoms. The average molecular weight is 532 g/mol. The summed E-state index contributed by atoms with van der Waals surface area (Å²) in [5.74, 6) is 1.70. The average Bonchev–Trinajstić information content (AvgIpc) is 3.57. The summed E-state index contributed by atoms with van der Waals surface area (Å²) in [4.78, 5) is 29.4. The second-order valence-corrected chi connectivity index (χ2v) is 10.1. The van der Waals surface area contributed by atoms with E-state index in [1.165, 1.54) is 0 Å². The number of pyridine rings is 2. The lowest BCUT2D eigenvalue weighted by molar-refractivity contribution is -0.116. The molecular formula is C31H29N7O2. The fourth-order valence-corrected chi connectivity index (χ4v) is 4.80. The smallest absolute Gasteiger partial charge is 0.224 e. The van der Waals surface area contributed by atoms with Crippen LogP contribution in [0.4, 0.5) is 5.69 Å². The molecular weight excluding hydrogens is 502 g/mol. The normalized spacial score (nSPS) is 11.4. The third-order valence-corrected chi connectivity index (χ3v) is 6.59. The summed E-state index contributed by atoms with van der Waals surface area (Å²) < 4.78 is 5.69. The first kappa shape index (κ1) is 25.2. The minimum atomic E-state index is -0.0233. The number of benzene rings is 2. The van der Waals surface area contributed by atoms with Gasteiger partial charge in [0.2, 0.25) is 5.91 Å². The summed E-state index contributed by atoms with van der Waals surface area (Å²) in [7, 11) is 0. The lowest BCUT2D eigenvalue weighted by atomic mass is 10.0. The predicted octanol–water partition coefficient (Wildman–Crippen LogP) is 6.61. The Bertz CT molecular complexity index is 1840. The summed E-state index contributed by atoms with van der Waals surface area (Å²) in [5.41, 5.74) is 7.61. The molecule has 0 aliphatic rings. The zero-order valence-electron chi connectivity index (χ0n) is 22.5. The van der Waals surface area contributed by atoms with E-state index in [0.29, 0.717) is 30.2 Å². The topological polar surface area (TPSA) is 121 Å². The quantitative estimate of drug-likeness (QED) is 0.203. The Morgan fingerprint density at radius 3 is 2.67 bits per heavy atom. The van der Waals surface area contributed by atoms with Gasteiger partial charge in [0.1, 0.15) is 11.4 Å². The van der Waals surface area contributed by atoms with Crippen LogP contribution in [0.3, 0.4) is 0 Å². The predicted molar refractivity (Wildman–Crippen MR) is 157 cm³/mol. The summed E-state index contributed by atoms with van der Waals surface area (Å²) in [5, 5.41) is 11.6. The Labute approximate surface area is 231 Å². The number of aromatic amines is 2. The van der Waals surface area contributed by atoms with Crippen LogP contribution in [0.25, 0.3) is 55.7 Å². The Balaban J connectivity index is 1.37. The van der Waals surface area contributed by atoms with E-state index in [2.05, 4.69) is 36.5 Å². The summed E-state index contributed by atoms with van der Waals surface area (Å²) in [6.07, 6.45) is 7.49. The summed E-state index contributed by atoms with van der Waals surface area (Å²) in [6.45, 7) is 6.60. The van der Waals surface area contributed by atoms with Crippen LogP contribution in [-0.2, 0) is 4.79 Å². The number of ether oxygens (including phenoxy) is 1. The molecule has 0 atom stereocenters. The number of nitrogens with one attached hydrogen (secondary N) is 3. The number of H-pyrrole nitrogens is 2. The van der Waals surface area contributed by atoms with E-state index in [4.69, 9.17) is 9.72 Å². The molecule has 1 amide bonds. The van der Waals surface area contributed by atoms with Crippen molar-refractivity contribution in [3.05, 3.63) is 73.3 Å². The molecule has 0 saturated carbocycles. The van der Waals surface area contributed by atoms with Gasteiger partial charge in [-0.3, -0.25) is 19.9 Å². The van der Waals surface area contributed by atoms with Crippen molar-refractivity contribution in [2.45, 2.75) is 27.2 Å². The number of nitrogens with zero attached hydrogens (tertiary/aromatic N) is 4. The van der Waals surface area contributed by atoms with E-state index in [0.717, 1.165) is 49.9 Å². The zero-order valence-corrected chi connectivity index (χ0v) is 22.5. The number of carbonyl (C=O) groups excluding carboxylic acids is 1. The van der Waals surface area contributed by atoms with Gasteiger partial charge in [-0.2, -0.15) is 5.10 Å². The molecule has 2 aromatic carbocycles. The van der Waals surface area contributed by atoms with Crippen LogP contribution in [0.15, 0.2) is 73.3 Å². The van der Waals surface area contributed by atoms with Crippen molar-refractivity contribution in [1.82, 2.24) is 30.1 Å². The van der Waals surface area contributed by atoms with Gasteiger partial charge in [0.25, 0.3) is 0 Å². The van der Waals surface area contributed by atoms with Crippen molar-refractivity contribution in [1.29, 1.82) is 0 Å². The molecule has 9 nitrogen and oxygen atoms in total. The first-order chi connectivity index (χ1) is 19.5. The van der Waals surface area contributed by atoms with Crippen LogP contribution in [-0.4, -0.2) is 42.6 Å². The maximum Gasteiger partial charge on any atom is 0.224 e. The van der Waals surface area contributed by atoms with E-state index in [1.54, 1.807) is 18.6 Å². The lowest BCUT2D eigenvalue weighted by Gasteiger charge is -2.09. The van der Waals surface area contributed by atoms with E-state index in [-0.39, 0.29) is 11.8 Å². The number of hydrogen-bond donors (Lipinski definition) is 3. The molecule has 6 aromatic rings. The monoisotopic (exact) mass is 531 g/mol. The first-order valence-corrected chi connectivity index (χ1v) is 13.3. The molecule has 0 saturated heterocycles. The number of hydrogen-bond acceptors (Lipinski definition) is 6. The number of carbonyl (C=O) groups is 1. The molecule has 200 valence electrons. The fraction of sp³-hybridized carbons (Fsp3) is 0.194. The standard InChI is InChI=1S/C31H29N7O2/c1-4-40-23-7-5-6-20(12-23)25-16-33-17-27-29(25)36-31(35-27)30-24-13-19(8-9-26(24)37-38-30)21-11-22(15-32-14-21)34-28(39)10-18(2)3/h5-9,11-18H,4,10H2,1-3H3,(H,34,39)(H,35,36)(H,37,38). The Kier molecular flexibility index (Phi) is 6.69. The Morgan fingerprint density at radius 2 is 1.82 bits per heavy atom. The highest BCUT2D eigenvalue weighted by atomic mass is 16.5. The van der Waals surface area contributed by atoms with Gasteiger partial charge >= 0.3 is 0 Å². The molecule has 4 aromatic heterocycles. The van der Waals surface area contributed by atoms with Crippen molar-refractivity contribution in [3.8, 4) is 39.5 Å². The second kappa shape index (κ2) is 10.6. The minimum Gasteiger partial charge on any atom is -0.494 e. The molecule has 0 unspecified atom stereocenters. The maximum absolute atomic E-state index is 12.3. The molecule has 0 bridgehead atoms. The largest absolute Gasteiger partial charge is 0.494 e. The molecule has 0 aliphatic carbocycles. The number of fused-ring (bicyclic) bond motifs is 2. The van der Waals surface area contributed by atoms with Crippen molar-refractivity contribution in [2.24, 2.45) is 5.92 Å². The molecule has 0 fully saturated rings. The van der Waals surface area contributed by atoms with Crippen molar-refractivity contribution >= 4 is 33.5 Å². The van der Waals surface area contributed by atoms with Crippen LogP contribution in [0.1, 0.15) is 27.2 Å². The molecule has 40 heavy (non-hydrogen) atoms. The lowest BCUT2D eigenvalue weighted by Crippen LogP contribution is -2.13. The molecule has 4 heterocycles. The van der Waals surface area contributed by atoms with Gasteiger partial charge in [0.05, 0.1) is 41.2 Å². The number of imidazole rings is 1. The van der Waals surface area contributed by atoms with Gasteiger partial charge in [-0.05, 0) is 54.3 Å². The van der Waals surface area contributed by atoms with E-state index in [9.17, 15) is 4.79 Å². The van der Waals surface area contributed by atoms with Crippen LogP contribution in [0.2, 0.25) is 0 Å². The highest BCUT2D eigenvalue weighted by Gasteiger charge is 2.17. The van der Waals surface area contributed by atoms with Gasteiger partial charge in [-0.15, -0.1) is 0 Å². The van der Waals surface area contributed by atoms with E-state index >= 15 is 0 Å². The van der Waals surface area contributed by atoms with Gasteiger partial charge in [0.15, 0.2) is 5.82 Å². The molecule has 0 spiro atoms. The van der Waals surface area contributed by atoms with Crippen LogP contribution in [0, 0.1) is 5.92 Å². The van der Waals surface area contributed by atoms with Crippen molar-refractivity contribution in [2.75, 3.05) is 11.9 Å². The number of anilines is 1. The van der Waals surface area contributed by atoms with Crippen LogP contribution in [0.5, 0.6) is 5.75 Å². The number of rotatable bonds is 8. The Hall–Kier alpha value is -5.05. The van der Waals surface area contributed by atoms with E-state index < -0.39 is 0 Å². The number of amides is 1. The molecule has 3 N–H and O–H groups in total. The minimum absolute atomic E-state index is 0.0233. The van der Waals surface area contributed by atoms with Crippen molar-refractivity contribution in [3.63, 3.8) is 0 Å². The molecule has 6 rings (SSSR count). The van der Waals surface area contributed by atoms with Crippen LogP contribution < -0.4 is 10.1 Å². The van der Waals surface area contributed by atoms with Gasteiger partial charge in [0, 0.05) is 35.3 Å². The fourth-order valence-electron chi connectivity index (χ4n) is 4.80. The van der Waals surface area contributed by atoms with E-state index in [1.807, 2.05) is 69.4 Å². The third kappa shape index (κ3) is 5.01. The maximum atomic E-state index is 12.3.